The third-order valence-electron chi connectivity index (χ3n) is 0.687. The molecule has 0 unspecified atom stereocenters. The standard InChI is InChI=1S/C6H11NO/c1-2-4-7-5-3-6-8/h3,5-7H,2,4H2,1H3. The lowest BCUT2D eigenvalue weighted by Crippen LogP contribution is -2.04. The molecule has 2 heteroatoms. The number of carbonyl (C=O) groups excluding carboxylic acids is 1. The lowest BCUT2D eigenvalue weighted by molar-refractivity contribution is -0.104. The predicted molar refractivity (Wildman–Crippen MR) is 33.5 cm³/mol. The number of rotatable bonds is 4. The minimum Gasteiger partial charge on any atom is -0.391 e. The van der Waals surface area contributed by atoms with E-state index in [0.29, 0.717) is 0 Å². The fourth-order valence-corrected chi connectivity index (χ4v) is 0.335. The van der Waals surface area contributed by atoms with Gasteiger partial charge in [-0.1, -0.05) is 6.92 Å². The van der Waals surface area contributed by atoms with E-state index in [9.17, 15) is 4.79 Å². The highest BCUT2D eigenvalue weighted by atomic mass is 16.1. The molecule has 2 nitrogen and oxygen atoms in total. The molecule has 0 aromatic rings. The third-order valence-corrected chi connectivity index (χ3v) is 0.687. The number of hydrogen-bond donors (Lipinski definition) is 1. The zero-order chi connectivity index (χ0) is 6.24. The maximum Gasteiger partial charge on any atom is 0.144 e. The van der Waals surface area contributed by atoms with E-state index in [1.54, 1.807) is 6.20 Å². The van der Waals surface area contributed by atoms with E-state index >= 15 is 0 Å². The highest BCUT2D eigenvalue weighted by Crippen LogP contribution is 1.68. The van der Waals surface area contributed by atoms with Crippen molar-refractivity contribution in [2.75, 3.05) is 6.54 Å². The molecule has 46 valence electrons. The maximum atomic E-state index is 9.64. The first-order valence-electron chi connectivity index (χ1n) is 2.75. The Morgan fingerprint density at radius 1 is 1.62 bits per heavy atom. The Kier molecular flexibility index (Phi) is 5.60. The average molecular weight is 113 g/mol. The van der Waals surface area contributed by atoms with Gasteiger partial charge < -0.3 is 5.32 Å². The van der Waals surface area contributed by atoms with E-state index in [0.717, 1.165) is 19.3 Å². The number of carbonyl (C=O) groups is 1. The molecule has 0 atom stereocenters. The topological polar surface area (TPSA) is 29.1 Å². The second kappa shape index (κ2) is 6.21. The van der Waals surface area contributed by atoms with Gasteiger partial charge in [0, 0.05) is 6.54 Å². The molecular weight excluding hydrogens is 102 g/mol. The van der Waals surface area contributed by atoms with Gasteiger partial charge in [-0.05, 0) is 18.7 Å². The molecule has 0 bridgehead atoms. The summed E-state index contributed by atoms with van der Waals surface area (Å²) in [7, 11) is 0. The molecule has 0 aliphatic heterocycles. The fourth-order valence-electron chi connectivity index (χ4n) is 0.335. The van der Waals surface area contributed by atoms with Crippen molar-refractivity contribution < 1.29 is 4.79 Å². The Hall–Kier alpha value is -0.790. The van der Waals surface area contributed by atoms with Crippen LogP contribution in [0.4, 0.5) is 0 Å². The van der Waals surface area contributed by atoms with Crippen LogP contribution in [-0.2, 0) is 4.79 Å². The van der Waals surface area contributed by atoms with Crippen molar-refractivity contribution in [3.8, 4) is 0 Å². The van der Waals surface area contributed by atoms with E-state index in [4.69, 9.17) is 0 Å². The minimum absolute atomic E-state index is 0.753. The Bertz CT molecular complexity index is 78.6. The van der Waals surface area contributed by atoms with Gasteiger partial charge in [-0.3, -0.25) is 4.79 Å². The molecule has 0 aromatic heterocycles. The van der Waals surface area contributed by atoms with E-state index in [1.165, 1.54) is 6.08 Å². The molecule has 0 aromatic carbocycles. The van der Waals surface area contributed by atoms with Gasteiger partial charge in [0.15, 0.2) is 0 Å². The fraction of sp³-hybridized carbons (Fsp3) is 0.500. The zero-order valence-electron chi connectivity index (χ0n) is 5.05. The van der Waals surface area contributed by atoms with Crippen LogP contribution in [0, 0.1) is 0 Å². The van der Waals surface area contributed by atoms with Crippen molar-refractivity contribution in [1.82, 2.24) is 5.32 Å². The summed E-state index contributed by atoms with van der Waals surface area (Å²) in [6.45, 7) is 3.01. The van der Waals surface area contributed by atoms with E-state index in [-0.39, 0.29) is 0 Å². The molecule has 0 saturated heterocycles. The zero-order valence-corrected chi connectivity index (χ0v) is 5.05. The minimum atomic E-state index is 0.753. The smallest absolute Gasteiger partial charge is 0.144 e. The van der Waals surface area contributed by atoms with Crippen molar-refractivity contribution in [3.63, 3.8) is 0 Å². The highest BCUT2D eigenvalue weighted by molar-refractivity contribution is 5.64. The second-order valence-corrected chi connectivity index (χ2v) is 1.45. The largest absolute Gasteiger partial charge is 0.391 e. The third kappa shape index (κ3) is 5.21. The maximum absolute atomic E-state index is 9.64. The molecule has 0 spiro atoms. The quantitative estimate of drug-likeness (QED) is 0.330. The van der Waals surface area contributed by atoms with Gasteiger partial charge in [-0.25, -0.2) is 0 Å². The van der Waals surface area contributed by atoms with Crippen molar-refractivity contribution in [2.45, 2.75) is 13.3 Å². The summed E-state index contributed by atoms with van der Waals surface area (Å²) in [5.41, 5.74) is 0. The van der Waals surface area contributed by atoms with Crippen LogP contribution in [0.2, 0.25) is 0 Å². The van der Waals surface area contributed by atoms with Gasteiger partial charge in [0.1, 0.15) is 6.29 Å². The second-order valence-electron chi connectivity index (χ2n) is 1.45. The summed E-state index contributed by atoms with van der Waals surface area (Å²) in [4.78, 5) is 9.64. The Morgan fingerprint density at radius 3 is 2.88 bits per heavy atom. The van der Waals surface area contributed by atoms with Crippen molar-refractivity contribution >= 4 is 6.29 Å². The summed E-state index contributed by atoms with van der Waals surface area (Å²) in [5.74, 6) is 0. The van der Waals surface area contributed by atoms with E-state index < -0.39 is 0 Å². The molecule has 1 N–H and O–H groups in total. The Labute approximate surface area is 49.6 Å². The molecular formula is C6H11NO. The van der Waals surface area contributed by atoms with Gasteiger partial charge in [0.05, 0.1) is 0 Å². The lowest BCUT2D eigenvalue weighted by atomic mass is 10.5. The molecule has 0 rings (SSSR count). The number of hydrogen-bond acceptors (Lipinski definition) is 2. The Morgan fingerprint density at radius 2 is 2.38 bits per heavy atom. The molecule has 0 aliphatic carbocycles. The summed E-state index contributed by atoms with van der Waals surface area (Å²) in [5, 5.41) is 2.92. The van der Waals surface area contributed by atoms with Gasteiger partial charge >= 0.3 is 0 Å². The molecule has 0 amide bonds. The van der Waals surface area contributed by atoms with Crippen LogP contribution < -0.4 is 5.32 Å². The van der Waals surface area contributed by atoms with Crippen LogP contribution in [0.15, 0.2) is 12.3 Å². The highest BCUT2D eigenvalue weighted by Gasteiger charge is 1.70. The lowest BCUT2D eigenvalue weighted by Gasteiger charge is -1.90. The van der Waals surface area contributed by atoms with Gasteiger partial charge in [-0.2, -0.15) is 0 Å². The van der Waals surface area contributed by atoms with Crippen molar-refractivity contribution in [1.29, 1.82) is 0 Å². The number of nitrogens with one attached hydrogen (secondary N) is 1. The Balaban J connectivity index is 2.91. The van der Waals surface area contributed by atoms with Crippen LogP contribution in [0.1, 0.15) is 13.3 Å². The van der Waals surface area contributed by atoms with E-state index in [1.807, 2.05) is 0 Å². The van der Waals surface area contributed by atoms with E-state index in [2.05, 4.69) is 12.2 Å². The van der Waals surface area contributed by atoms with Gasteiger partial charge in [-0.15, -0.1) is 0 Å². The van der Waals surface area contributed by atoms with Crippen LogP contribution in [0.5, 0.6) is 0 Å². The predicted octanol–water partition coefficient (Wildman–Crippen LogP) is 0.699. The average Bonchev–Trinajstić information content (AvgIpc) is 1.81. The first kappa shape index (κ1) is 7.21. The normalized spacial score (nSPS) is 9.62. The summed E-state index contributed by atoms with van der Waals surface area (Å²) in [6, 6.07) is 0. The summed E-state index contributed by atoms with van der Waals surface area (Å²) in [6.07, 6.45) is 4.93. The van der Waals surface area contributed by atoms with Gasteiger partial charge in [0.25, 0.3) is 0 Å². The molecule has 0 fully saturated rings. The molecule has 0 aliphatic rings. The van der Waals surface area contributed by atoms with Crippen LogP contribution in [-0.4, -0.2) is 12.8 Å². The summed E-state index contributed by atoms with van der Waals surface area (Å²) >= 11 is 0. The number of allylic oxidation sites excluding steroid dienone is 1. The molecule has 0 radical (unpaired) electrons. The SMILES string of the molecule is CCCNC=CC=O. The van der Waals surface area contributed by atoms with Crippen LogP contribution >= 0.6 is 0 Å². The monoisotopic (exact) mass is 113 g/mol. The molecule has 8 heavy (non-hydrogen) atoms. The van der Waals surface area contributed by atoms with Crippen molar-refractivity contribution in [3.05, 3.63) is 12.3 Å². The molecule has 0 saturated carbocycles. The molecule has 0 heterocycles. The number of aldehydes is 1. The van der Waals surface area contributed by atoms with Crippen LogP contribution in [0.25, 0.3) is 0 Å². The van der Waals surface area contributed by atoms with Crippen molar-refractivity contribution in [2.24, 2.45) is 0 Å². The van der Waals surface area contributed by atoms with Crippen LogP contribution in [0.3, 0.4) is 0 Å². The first-order valence-corrected chi connectivity index (χ1v) is 2.75. The summed E-state index contributed by atoms with van der Waals surface area (Å²) < 4.78 is 0. The first-order chi connectivity index (χ1) is 3.91. The van der Waals surface area contributed by atoms with Gasteiger partial charge in [0.2, 0.25) is 0 Å².